The monoisotopic (exact) mass is 227 g/mol. The molecule has 0 aromatic heterocycles. The first kappa shape index (κ1) is 9.77. The Hall–Kier alpha value is -2.43. The van der Waals surface area contributed by atoms with Crippen molar-refractivity contribution in [1.82, 2.24) is 0 Å². The van der Waals surface area contributed by atoms with Crippen molar-refractivity contribution in [3.63, 3.8) is 0 Å². The van der Waals surface area contributed by atoms with Crippen molar-refractivity contribution >= 4 is 33.7 Å². The summed E-state index contributed by atoms with van der Waals surface area (Å²) in [4.78, 5) is 14.9. The molecule has 17 heavy (non-hydrogen) atoms. The van der Waals surface area contributed by atoms with Gasteiger partial charge in [0, 0.05) is 17.1 Å². The van der Waals surface area contributed by atoms with Crippen molar-refractivity contribution in [2.24, 2.45) is 4.99 Å². The Morgan fingerprint density at radius 3 is 2.88 bits per heavy atom. The van der Waals surface area contributed by atoms with Gasteiger partial charge in [-0.25, -0.2) is 4.99 Å². The normalized spacial score (nSPS) is 13.1. The van der Waals surface area contributed by atoms with Crippen molar-refractivity contribution in [1.29, 1.82) is 0 Å². The molecule has 0 saturated heterocycles. The van der Waals surface area contributed by atoms with E-state index >= 15 is 0 Å². The third kappa shape index (κ3) is 1.36. The number of anilines is 1. The Morgan fingerprint density at radius 2 is 2.12 bits per heavy atom. The summed E-state index contributed by atoms with van der Waals surface area (Å²) in [6.07, 6.45) is 0. The highest BCUT2D eigenvalue weighted by atomic mass is 16.6. The highest BCUT2D eigenvalue weighted by molar-refractivity contribution is 6.15. The molecule has 0 unspecified atom stereocenters. The maximum absolute atomic E-state index is 11.0. The topological polar surface area (TPSA) is 67.5 Å². The molecule has 2 aromatic rings. The second kappa shape index (κ2) is 3.28. The van der Waals surface area contributed by atoms with Gasteiger partial charge in [0.05, 0.1) is 16.0 Å². The quantitative estimate of drug-likeness (QED) is 0.600. The fraction of sp³-hybridized carbons (Fsp3) is 0.0833. The molecule has 0 aliphatic carbocycles. The fourth-order valence-electron chi connectivity index (χ4n) is 2.13. The summed E-state index contributed by atoms with van der Waals surface area (Å²) in [5, 5.41) is 15.5. The van der Waals surface area contributed by atoms with Gasteiger partial charge >= 0.3 is 0 Å². The van der Waals surface area contributed by atoms with Gasteiger partial charge in [0.1, 0.15) is 5.84 Å². The Morgan fingerprint density at radius 1 is 1.29 bits per heavy atom. The highest BCUT2D eigenvalue weighted by Crippen LogP contribution is 2.39. The molecule has 3 rings (SSSR count). The zero-order valence-corrected chi connectivity index (χ0v) is 9.10. The van der Waals surface area contributed by atoms with Gasteiger partial charge in [0.2, 0.25) is 0 Å². The summed E-state index contributed by atoms with van der Waals surface area (Å²) in [7, 11) is 0. The summed E-state index contributed by atoms with van der Waals surface area (Å²) >= 11 is 0. The molecule has 0 atom stereocenters. The first-order chi connectivity index (χ1) is 8.16. The van der Waals surface area contributed by atoms with Gasteiger partial charge < -0.3 is 5.32 Å². The molecule has 1 aliphatic heterocycles. The molecule has 0 saturated carbocycles. The van der Waals surface area contributed by atoms with Crippen LogP contribution in [0.5, 0.6) is 0 Å². The molecule has 0 bridgehead atoms. The van der Waals surface area contributed by atoms with Crippen molar-refractivity contribution in [2.75, 3.05) is 5.32 Å². The minimum absolute atomic E-state index is 0.113. The van der Waals surface area contributed by atoms with E-state index in [9.17, 15) is 10.1 Å². The van der Waals surface area contributed by atoms with E-state index in [0.29, 0.717) is 5.39 Å². The lowest BCUT2D eigenvalue weighted by molar-refractivity contribution is -0.383. The van der Waals surface area contributed by atoms with E-state index in [2.05, 4.69) is 10.3 Å². The van der Waals surface area contributed by atoms with E-state index in [4.69, 9.17) is 0 Å². The molecule has 1 N–H and O–H groups in total. The Bertz CT molecular complexity index is 677. The number of nitrogens with one attached hydrogen (secondary N) is 1. The molecule has 0 fully saturated rings. The van der Waals surface area contributed by atoms with Crippen LogP contribution in [0, 0.1) is 10.1 Å². The number of benzene rings is 2. The fourth-order valence-corrected chi connectivity index (χ4v) is 2.13. The first-order valence-electron chi connectivity index (χ1n) is 5.19. The molecule has 2 aromatic carbocycles. The zero-order valence-electron chi connectivity index (χ0n) is 9.10. The molecule has 0 radical (unpaired) electrons. The van der Waals surface area contributed by atoms with Crippen molar-refractivity contribution < 1.29 is 4.92 Å². The third-order valence-electron chi connectivity index (χ3n) is 2.80. The van der Waals surface area contributed by atoms with Gasteiger partial charge in [-0.3, -0.25) is 10.1 Å². The van der Waals surface area contributed by atoms with Crippen LogP contribution in [0.3, 0.4) is 0 Å². The van der Waals surface area contributed by atoms with Crippen LogP contribution in [0.25, 0.3) is 10.8 Å². The van der Waals surface area contributed by atoms with E-state index in [1.54, 1.807) is 18.2 Å². The number of hydrogen-bond donors (Lipinski definition) is 1. The highest BCUT2D eigenvalue weighted by Gasteiger charge is 2.19. The summed E-state index contributed by atoms with van der Waals surface area (Å²) < 4.78 is 0. The summed E-state index contributed by atoms with van der Waals surface area (Å²) in [6.45, 7) is 1.86. The molecule has 0 amide bonds. The molecule has 84 valence electrons. The Labute approximate surface area is 96.9 Å². The number of nitrogens with zero attached hydrogens (tertiary/aromatic N) is 2. The van der Waals surface area contributed by atoms with Crippen LogP contribution >= 0.6 is 0 Å². The number of amidine groups is 1. The second-order valence-corrected chi connectivity index (χ2v) is 3.91. The van der Waals surface area contributed by atoms with Crippen LogP contribution in [0.1, 0.15) is 6.92 Å². The number of hydrogen-bond acceptors (Lipinski definition) is 4. The lowest BCUT2D eigenvalue weighted by Gasteiger charge is -2.16. The Balaban J connectivity index is 2.46. The second-order valence-electron chi connectivity index (χ2n) is 3.91. The average Bonchev–Trinajstić information content (AvgIpc) is 2.28. The molecule has 1 heterocycles. The molecule has 5 nitrogen and oxygen atoms in total. The number of aliphatic imine (C=N–C) groups is 1. The third-order valence-corrected chi connectivity index (χ3v) is 2.80. The molecule has 5 heteroatoms. The maximum atomic E-state index is 11.0. The smallest absolute Gasteiger partial charge is 0.277 e. The van der Waals surface area contributed by atoms with E-state index in [-0.39, 0.29) is 10.6 Å². The average molecular weight is 227 g/mol. The van der Waals surface area contributed by atoms with E-state index in [1.165, 1.54) is 6.07 Å². The lowest BCUT2D eigenvalue weighted by atomic mass is 10.0. The summed E-state index contributed by atoms with van der Waals surface area (Å²) in [5.74, 6) is 0.791. The molecule has 0 spiro atoms. The van der Waals surface area contributed by atoms with Crippen molar-refractivity contribution in [3.05, 3.63) is 40.4 Å². The summed E-state index contributed by atoms with van der Waals surface area (Å²) in [6, 6.07) is 8.64. The largest absolute Gasteiger partial charge is 0.343 e. The number of nitro groups is 1. The van der Waals surface area contributed by atoms with Crippen LogP contribution in [-0.2, 0) is 0 Å². The van der Waals surface area contributed by atoms with Crippen LogP contribution in [0.2, 0.25) is 0 Å². The van der Waals surface area contributed by atoms with E-state index < -0.39 is 0 Å². The van der Waals surface area contributed by atoms with Gasteiger partial charge in [-0.2, -0.15) is 0 Å². The minimum Gasteiger partial charge on any atom is -0.343 e. The number of nitro benzene ring substituents is 1. The van der Waals surface area contributed by atoms with Crippen LogP contribution in [0.15, 0.2) is 35.3 Å². The van der Waals surface area contributed by atoms with Gasteiger partial charge in [-0.05, 0) is 25.1 Å². The van der Waals surface area contributed by atoms with Crippen molar-refractivity contribution in [3.8, 4) is 0 Å². The van der Waals surface area contributed by atoms with Gasteiger partial charge in [0.15, 0.2) is 0 Å². The number of rotatable bonds is 1. The lowest BCUT2D eigenvalue weighted by Crippen LogP contribution is -2.10. The molecular formula is C12H9N3O2. The maximum Gasteiger partial charge on any atom is 0.277 e. The Kier molecular flexibility index (Phi) is 1.89. The van der Waals surface area contributed by atoms with Gasteiger partial charge in [-0.15, -0.1) is 0 Å². The SMILES string of the molecule is CC1=Nc2ccc([N+](=O)[O-])c3cccc(c23)N1. The van der Waals surface area contributed by atoms with Crippen molar-refractivity contribution in [2.45, 2.75) is 6.92 Å². The zero-order chi connectivity index (χ0) is 12.0. The predicted molar refractivity (Wildman–Crippen MR) is 67.0 cm³/mol. The van der Waals surface area contributed by atoms with Gasteiger partial charge in [0.25, 0.3) is 5.69 Å². The van der Waals surface area contributed by atoms with Crippen LogP contribution in [-0.4, -0.2) is 10.8 Å². The minimum atomic E-state index is -0.367. The molecular weight excluding hydrogens is 218 g/mol. The number of non-ortho nitro benzene ring substituents is 1. The van der Waals surface area contributed by atoms with Gasteiger partial charge in [-0.1, -0.05) is 6.07 Å². The van der Waals surface area contributed by atoms with E-state index in [1.807, 2.05) is 13.0 Å². The van der Waals surface area contributed by atoms with Crippen LogP contribution < -0.4 is 5.32 Å². The standard InChI is InChI=1S/C12H9N3O2/c1-7-13-9-4-2-3-8-11(15(16)17)6-5-10(14-7)12(8)9/h2-6H,1H3,(H,13,14). The molecule has 1 aliphatic rings. The predicted octanol–water partition coefficient (Wildman–Crippen LogP) is 3.22. The first-order valence-corrected chi connectivity index (χ1v) is 5.19. The van der Waals surface area contributed by atoms with Crippen LogP contribution in [0.4, 0.5) is 17.1 Å². The summed E-state index contributed by atoms with van der Waals surface area (Å²) in [5.41, 5.74) is 1.76. The van der Waals surface area contributed by atoms with E-state index in [0.717, 1.165) is 22.6 Å².